The van der Waals surface area contributed by atoms with Gasteiger partial charge in [0.25, 0.3) is 0 Å². The lowest BCUT2D eigenvalue weighted by atomic mass is 10.2. The molecule has 0 unspecified atom stereocenters. The van der Waals surface area contributed by atoms with Crippen molar-refractivity contribution in [3.05, 3.63) is 96.1 Å². The number of carbonyl (C=O) groups excluding carboxylic acids is 1. The Hall–Kier alpha value is -2.85. The molecule has 4 heteroatoms. The molecule has 0 atom stereocenters. The van der Waals surface area contributed by atoms with Crippen LogP contribution in [0.5, 0.6) is 0 Å². The van der Waals surface area contributed by atoms with Crippen molar-refractivity contribution in [2.45, 2.75) is 13.1 Å². The van der Waals surface area contributed by atoms with E-state index < -0.39 is 0 Å². The smallest absolute Gasteiger partial charge is 0.150 e. The van der Waals surface area contributed by atoms with Crippen LogP contribution in [0.1, 0.15) is 21.5 Å². The highest BCUT2D eigenvalue weighted by atomic mass is 16.1. The van der Waals surface area contributed by atoms with E-state index in [-0.39, 0.29) is 0 Å². The van der Waals surface area contributed by atoms with E-state index in [0.717, 1.165) is 19.4 Å². The number of pyridine rings is 2. The molecule has 116 valence electrons. The summed E-state index contributed by atoms with van der Waals surface area (Å²) in [6, 6.07) is 17.8. The van der Waals surface area contributed by atoms with Gasteiger partial charge in [-0.25, -0.2) is 0 Å². The quantitative estimate of drug-likeness (QED) is 0.735. The van der Waals surface area contributed by atoms with Crippen molar-refractivity contribution in [3.8, 4) is 0 Å². The molecule has 0 aliphatic carbocycles. The maximum Gasteiger partial charge on any atom is 0.150 e. The summed E-state index contributed by atoms with van der Waals surface area (Å²) in [4.78, 5) is 17.7. The molecule has 1 aromatic carbocycles. The molecule has 0 fully saturated rings. The minimum atomic E-state index is 0.667. The number of aldehydes is 1. The zero-order valence-corrected chi connectivity index (χ0v) is 12.8. The van der Waals surface area contributed by atoms with Gasteiger partial charge in [0.2, 0.25) is 0 Å². The van der Waals surface area contributed by atoms with Crippen LogP contribution in [0.3, 0.4) is 0 Å². The van der Waals surface area contributed by atoms with E-state index in [1.165, 1.54) is 11.1 Å². The Morgan fingerprint density at radius 1 is 0.739 bits per heavy atom. The second kappa shape index (κ2) is 9.97. The monoisotopic (exact) mass is 305 g/mol. The lowest BCUT2D eigenvalue weighted by molar-refractivity contribution is 0.112. The minimum absolute atomic E-state index is 0.667. The SMILES string of the molecule is O=Cc1ccncc1.c1ccc(CNCc2ccncc2)cc1. The van der Waals surface area contributed by atoms with Gasteiger partial charge in [-0.1, -0.05) is 30.3 Å². The fourth-order valence-electron chi connectivity index (χ4n) is 1.89. The van der Waals surface area contributed by atoms with Crippen LogP contribution < -0.4 is 5.32 Å². The Morgan fingerprint density at radius 3 is 1.78 bits per heavy atom. The Bertz CT molecular complexity index is 633. The maximum absolute atomic E-state index is 9.98. The average Bonchev–Trinajstić information content (AvgIpc) is 2.65. The number of hydrogen-bond donors (Lipinski definition) is 1. The fraction of sp³-hybridized carbons (Fsp3) is 0.105. The number of nitrogens with zero attached hydrogens (tertiary/aromatic N) is 2. The maximum atomic E-state index is 9.98. The number of rotatable bonds is 5. The van der Waals surface area contributed by atoms with Gasteiger partial charge in [-0.2, -0.15) is 0 Å². The van der Waals surface area contributed by atoms with Gasteiger partial charge >= 0.3 is 0 Å². The summed E-state index contributed by atoms with van der Waals surface area (Å²) in [5.41, 5.74) is 3.24. The van der Waals surface area contributed by atoms with Gasteiger partial charge in [0.05, 0.1) is 0 Å². The van der Waals surface area contributed by atoms with Crippen molar-refractivity contribution >= 4 is 6.29 Å². The van der Waals surface area contributed by atoms with E-state index in [9.17, 15) is 4.79 Å². The summed E-state index contributed by atoms with van der Waals surface area (Å²) >= 11 is 0. The van der Waals surface area contributed by atoms with Crippen LogP contribution in [0, 0.1) is 0 Å². The predicted molar refractivity (Wildman–Crippen MR) is 90.8 cm³/mol. The highest BCUT2D eigenvalue weighted by Crippen LogP contribution is 1.99. The van der Waals surface area contributed by atoms with E-state index in [4.69, 9.17) is 0 Å². The summed E-state index contributed by atoms with van der Waals surface area (Å²) in [6.07, 6.45) is 7.61. The van der Waals surface area contributed by atoms with Crippen molar-refractivity contribution in [1.29, 1.82) is 0 Å². The van der Waals surface area contributed by atoms with Gasteiger partial charge < -0.3 is 5.32 Å². The van der Waals surface area contributed by atoms with E-state index in [0.29, 0.717) is 5.56 Å². The minimum Gasteiger partial charge on any atom is -0.309 e. The molecule has 0 saturated heterocycles. The molecule has 0 saturated carbocycles. The highest BCUT2D eigenvalue weighted by molar-refractivity contribution is 5.73. The van der Waals surface area contributed by atoms with Crippen LogP contribution in [0.15, 0.2) is 79.4 Å². The van der Waals surface area contributed by atoms with Gasteiger partial charge in [-0.3, -0.25) is 14.8 Å². The van der Waals surface area contributed by atoms with Gasteiger partial charge in [-0.05, 0) is 35.4 Å². The first-order chi connectivity index (χ1) is 11.4. The zero-order valence-electron chi connectivity index (χ0n) is 12.8. The molecule has 0 aliphatic rings. The van der Waals surface area contributed by atoms with Crippen LogP contribution in [0.4, 0.5) is 0 Å². The van der Waals surface area contributed by atoms with Gasteiger partial charge in [-0.15, -0.1) is 0 Å². The predicted octanol–water partition coefficient (Wildman–Crippen LogP) is 3.27. The third-order valence-corrected chi connectivity index (χ3v) is 3.09. The second-order valence-electron chi connectivity index (χ2n) is 4.84. The summed E-state index contributed by atoms with van der Waals surface area (Å²) in [6.45, 7) is 1.79. The molecular weight excluding hydrogens is 286 g/mol. The summed E-state index contributed by atoms with van der Waals surface area (Å²) in [5.74, 6) is 0. The van der Waals surface area contributed by atoms with Crippen LogP contribution in [-0.2, 0) is 13.1 Å². The molecule has 3 aromatic rings. The average molecular weight is 305 g/mol. The number of carbonyl (C=O) groups is 1. The van der Waals surface area contributed by atoms with Crippen LogP contribution in [0.2, 0.25) is 0 Å². The normalized spacial score (nSPS) is 9.57. The van der Waals surface area contributed by atoms with Crippen LogP contribution in [-0.4, -0.2) is 16.3 Å². The Kier molecular flexibility index (Phi) is 7.16. The number of hydrogen-bond acceptors (Lipinski definition) is 4. The van der Waals surface area contributed by atoms with E-state index in [1.807, 2.05) is 30.6 Å². The molecule has 2 heterocycles. The molecule has 0 radical (unpaired) electrons. The topological polar surface area (TPSA) is 54.9 Å². The van der Waals surface area contributed by atoms with Gasteiger partial charge in [0.1, 0.15) is 6.29 Å². The molecule has 0 spiro atoms. The van der Waals surface area contributed by atoms with Crippen LogP contribution in [0.25, 0.3) is 0 Å². The highest BCUT2D eigenvalue weighted by Gasteiger charge is 1.92. The molecule has 3 rings (SSSR count). The van der Waals surface area contributed by atoms with Crippen LogP contribution >= 0.6 is 0 Å². The Balaban J connectivity index is 0.000000203. The lowest BCUT2D eigenvalue weighted by Crippen LogP contribution is -2.12. The van der Waals surface area contributed by atoms with E-state index in [1.54, 1.807) is 24.5 Å². The third-order valence-electron chi connectivity index (χ3n) is 3.09. The second-order valence-corrected chi connectivity index (χ2v) is 4.84. The van der Waals surface area contributed by atoms with Crippen molar-refractivity contribution in [3.63, 3.8) is 0 Å². The van der Waals surface area contributed by atoms with Crippen molar-refractivity contribution in [2.75, 3.05) is 0 Å². The third kappa shape index (κ3) is 6.63. The molecule has 2 aromatic heterocycles. The summed E-state index contributed by atoms with van der Waals surface area (Å²) in [7, 11) is 0. The molecule has 0 aliphatic heterocycles. The summed E-state index contributed by atoms with van der Waals surface area (Å²) in [5, 5.41) is 3.39. The first-order valence-corrected chi connectivity index (χ1v) is 7.37. The number of nitrogens with one attached hydrogen (secondary N) is 1. The summed E-state index contributed by atoms with van der Waals surface area (Å²) < 4.78 is 0. The molecule has 0 bridgehead atoms. The fourth-order valence-corrected chi connectivity index (χ4v) is 1.89. The zero-order chi connectivity index (χ0) is 16.2. The molecule has 23 heavy (non-hydrogen) atoms. The molecule has 1 N–H and O–H groups in total. The molecule has 0 amide bonds. The first kappa shape index (κ1) is 16.5. The van der Waals surface area contributed by atoms with Crippen molar-refractivity contribution in [1.82, 2.24) is 15.3 Å². The molecule has 4 nitrogen and oxygen atoms in total. The Morgan fingerprint density at radius 2 is 1.26 bits per heavy atom. The largest absolute Gasteiger partial charge is 0.309 e. The van der Waals surface area contributed by atoms with Gasteiger partial charge in [0.15, 0.2) is 0 Å². The van der Waals surface area contributed by atoms with E-state index in [2.05, 4.69) is 39.6 Å². The molecular formula is C19H19N3O. The number of aromatic nitrogens is 2. The van der Waals surface area contributed by atoms with E-state index >= 15 is 0 Å². The lowest BCUT2D eigenvalue weighted by Gasteiger charge is -2.04. The number of benzene rings is 1. The van der Waals surface area contributed by atoms with Gasteiger partial charge in [0, 0.05) is 43.4 Å². The Labute approximate surface area is 136 Å². The van der Waals surface area contributed by atoms with Crippen molar-refractivity contribution in [2.24, 2.45) is 0 Å². The van der Waals surface area contributed by atoms with Crippen molar-refractivity contribution < 1.29 is 4.79 Å². The first-order valence-electron chi connectivity index (χ1n) is 7.37. The standard InChI is InChI=1S/C13H14N2.C6H5NO/c1-2-4-12(5-3-1)10-15-11-13-6-8-14-9-7-13;8-5-6-1-3-7-4-2-6/h1-9,15H,10-11H2;1-5H.